The Morgan fingerprint density at radius 3 is 1.72 bits per heavy atom. The van der Waals surface area contributed by atoms with Gasteiger partial charge in [-0.1, -0.05) is 121 Å². The molecule has 0 saturated carbocycles. The summed E-state index contributed by atoms with van der Waals surface area (Å²) >= 11 is 0. The molecule has 0 unspecified atom stereocenters. The first-order valence-electron chi connectivity index (χ1n) is 18.8. The fourth-order valence-electron chi connectivity index (χ4n) is 6.78. The van der Waals surface area contributed by atoms with Gasteiger partial charge in [0.2, 0.25) is 0 Å². The second-order valence-electron chi connectivity index (χ2n) is 12.1. The molecular weight excluding hydrogens is 613 g/mol. The number of hydrogen-bond donors (Lipinski definition) is 0. The number of furan rings is 1. The van der Waals surface area contributed by atoms with E-state index in [9.17, 15) is 0 Å². The Labute approximate surface area is 294 Å². The Morgan fingerprint density at radius 2 is 1.00 bits per heavy atom. The fraction of sp³-hybridized carbons (Fsp3) is 0. The minimum atomic E-state index is -0.415. The van der Waals surface area contributed by atoms with Crippen molar-refractivity contribution in [1.82, 2.24) is 19.5 Å². The van der Waals surface area contributed by atoms with Crippen LogP contribution in [-0.2, 0) is 0 Å². The van der Waals surface area contributed by atoms with E-state index in [4.69, 9.17) is 26.2 Å². The lowest BCUT2D eigenvalue weighted by Crippen LogP contribution is -2.00. The van der Waals surface area contributed by atoms with E-state index < -0.39 is 6.04 Å². The van der Waals surface area contributed by atoms with E-state index in [1.165, 1.54) is 0 Å². The summed E-state index contributed by atoms with van der Waals surface area (Å²) < 4.78 is 50.4. The summed E-state index contributed by atoms with van der Waals surface area (Å²) in [4.78, 5) is 14.7. The molecule has 3 aromatic heterocycles. The van der Waals surface area contributed by atoms with Crippen LogP contribution < -0.4 is 0 Å². The smallest absolute Gasteiger partial charge is 0.164 e. The molecule has 0 radical (unpaired) electrons. The molecule has 0 aliphatic heterocycles. The molecule has 50 heavy (non-hydrogen) atoms. The van der Waals surface area contributed by atoms with Crippen LogP contribution in [0.15, 0.2) is 174 Å². The molecule has 7 aromatic carbocycles. The minimum Gasteiger partial charge on any atom is -0.456 e. The first-order valence-corrected chi connectivity index (χ1v) is 16.3. The Hall–Kier alpha value is -6.85. The van der Waals surface area contributed by atoms with Crippen molar-refractivity contribution in [3.8, 4) is 51.0 Å². The monoisotopic (exact) mass is 645 g/mol. The van der Waals surface area contributed by atoms with Gasteiger partial charge in [0.25, 0.3) is 0 Å². The summed E-state index contributed by atoms with van der Waals surface area (Å²) in [6.07, 6.45) is 0. The maximum absolute atomic E-state index is 8.64. The number of nitrogens with zero attached hydrogens (tertiary/aromatic N) is 4. The maximum Gasteiger partial charge on any atom is 0.164 e. The highest BCUT2D eigenvalue weighted by Gasteiger charge is 2.17. The standard InChI is InChI=1S/C45H28N4O/c1-4-12-29(13-5-1)32-20-23-36-35-18-10-11-19-39(35)49(40(36)27-32)34-22-25-42-38(28-34)37-26-33(21-24-41(37)50-42)45-47-43(30-14-6-2-7-15-30)46-44(48-45)31-16-8-3-9-17-31/h1-28H/i1D,4D,5D,12D,13D. The van der Waals surface area contributed by atoms with Gasteiger partial charge in [-0.25, -0.2) is 15.0 Å². The molecule has 5 nitrogen and oxygen atoms in total. The van der Waals surface area contributed by atoms with Crippen molar-refractivity contribution in [3.63, 3.8) is 0 Å². The molecule has 0 spiro atoms. The van der Waals surface area contributed by atoms with E-state index >= 15 is 0 Å². The summed E-state index contributed by atoms with van der Waals surface area (Å²) in [5, 5.41) is 3.81. The van der Waals surface area contributed by atoms with Crippen LogP contribution in [0.25, 0.3) is 94.7 Å². The highest BCUT2D eigenvalue weighted by atomic mass is 16.3. The largest absolute Gasteiger partial charge is 0.456 e. The van der Waals surface area contributed by atoms with Crippen LogP contribution in [0.1, 0.15) is 6.85 Å². The van der Waals surface area contributed by atoms with Gasteiger partial charge >= 0.3 is 0 Å². The summed E-state index contributed by atoms with van der Waals surface area (Å²) in [5.74, 6) is 1.71. The molecule has 0 aliphatic rings. The lowest BCUT2D eigenvalue weighted by Gasteiger charge is -2.10. The minimum absolute atomic E-state index is 0.165. The molecule has 5 heteroatoms. The lowest BCUT2D eigenvalue weighted by molar-refractivity contribution is 0.669. The molecule has 234 valence electrons. The van der Waals surface area contributed by atoms with E-state index in [1.54, 1.807) is 0 Å². The summed E-state index contributed by atoms with van der Waals surface area (Å²) in [7, 11) is 0. The van der Waals surface area contributed by atoms with Crippen molar-refractivity contribution in [2.45, 2.75) is 0 Å². The predicted octanol–water partition coefficient (Wildman–Crippen LogP) is 11.5. The van der Waals surface area contributed by atoms with Crippen LogP contribution in [0.5, 0.6) is 0 Å². The molecule has 10 aromatic rings. The molecule has 0 atom stereocenters. The lowest BCUT2D eigenvalue weighted by atomic mass is 10.0. The van der Waals surface area contributed by atoms with Crippen LogP contribution in [0.4, 0.5) is 0 Å². The van der Waals surface area contributed by atoms with E-state index in [-0.39, 0.29) is 29.7 Å². The fourth-order valence-corrected chi connectivity index (χ4v) is 6.78. The van der Waals surface area contributed by atoms with Gasteiger partial charge in [-0.2, -0.15) is 0 Å². The molecule has 10 rings (SSSR count). The molecule has 0 fully saturated rings. The van der Waals surface area contributed by atoms with Crippen LogP contribution in [0.3, 0.4) is 0 Å². The highest BCUT2D eigenvalue weighted by Crippen LogP contribution is 2.38. The predicted molar refractivity (Wildman–Crippen MR) is 203 cm³/mol. The normalized spacial score (nSPS) is 13.0. The number of aromatic nitrogens is 4. The second kappa shape index (κ2) is 11.4. The van der Waals surface area contributed by atoms with Gasteiger partial charge < -0.3 is 8.98 Å². The summed E-state index contributed by atoms with van der Waals surface area (Å²) in [6.45, 7) is 0. The van der Waals surface area contributed by atoms with Crippen LogP contribution in [0.2, 0.25) is 0 Å². The van der Waals surface area contributed by atoms with E-state index in [1.807, 2.05) is 115 Å². The van der Waals surface area contributed by atoms with E-state index in [2.05, 4.69) is 28.8 Å². The topological polar surface area (TPSA) is 56.7 Å². The number of fused-ring (bicyclic) bond motifs is 6. The molecule has 0 saturated heterocycles. The summed E-state index contributed by atoms with van der Waals surface area (Å²) in [5.41, 5.74) is 7.44. The Balaban J connectivity index is 1.16. The van der Waals surface area contributed by atoms with Crippen molar-refractivity contribution in [3.05, 3.63) is 170 Å². The number of para-hydroxylation sites is 1. The van der Waals surface area contributed by atoms with Gasteiger partial charge in [-0.3, -0.25) is 0 Å². The van der Waals surface area contributed by atoms with Gasteiger partial charge in [0.1, 0.15) is 11.2 Å². The van der Waals surface area contributed by atoms with Gasteiger partial charge in [-0.15, -0.1) is 0 Å². The van der Waals surface area contributed by atoms with Crippen LogP contribution in [-0.4, -0.2) is 19.5 Å². The number of rotatable bonds is 5. The Kier molecular flexibility index (Phi) is 5.35. The number of benzene rings is 7. The van der Waals surface area contributed by atoms with Gasteiger partial charge in [-0.05, 0) is 59.7 Å². The Bertz CT molecular complexity index is 3070. The SMILES string of the molecule is [2H]c1c([2H])c([2H])c(-c2ccc3c4ccccc4n(-c4ccc5oc6ccc(-c7nc(-c8ccccc8)nc(-c8ccccc8)n7)cc6c5c4)c3c2)c([2H])c1[2H]. The highest BCUT2D eigenvalue weighted by molar-refractivity contribution is 6.11. The zero-order valence-electron chi connectivity index (χ0n) is 31.5. The quantitative estimate of drug-likeness (QED) is 0.187. The van der Waals surface area contributed by atoms with Crippen molar-refractivity contribution in [1.29, 1.82) is 0 Å². The maximum atomic E-state index is 8.64. The third-order valence-corrected chi connectivity index (χ3v) is 9.13. The number of hydrogen-bond acceptors (Lipinski definition) is 4. The van der Waals surface area contributed by atoms with E-state index in [0.29, 0.717) is 23.0 Å². The van der Waals surface area contributed by atoms with Gasteiger partial charge in [0, 0.05) is 43.9 Å². The van der Waals surface area contributed by atoms with Crippen molar-refractivity contribution in [2.75, 3.05) is 0 Å². The van der Waals surface area contributed by atoms with Gasteiger partial charge in [0.05, 0.1) is 17.9 Å². The van der Waals surface area contributed by atoms with Crippen molar-refractivity contribution >= 4 is 43.7 Å². The molecular formula is C45H28N4O. The average Bonchev–Trinajstić information content (AvgIpc) is 3.77. The first kappa shape index (κ1) is 23.5. The first-order chi connectivity index (χ1) is 26.8. The average molecular weight is 646 g/mol. The molecule has 0 bridgehead atoms. The van der Waals surface area contributed by atoms with Crippen molar-refractivity contribution < 1.29 is 11.3 Å². The van der Waals surface area contributed by atoms with Crippen molar-refractivity contribution in [2.24, 2.45) is 0 Å². The third kappa shape index (κ3) is 4.67. The van der Waals surface area contributed by atoms with Crippen LogP contribution in [0, 0.1) is 0 Å². The third-order valence-electron chi connectivity index (χ3n) is 9.13. The Morgan fingerprint density at radius 1 is 0.420 bits per heavy atom. The van der Waals surface area contributed by atoms with Gasteiger partial charge in [0.15, 0.2) is 17.5 Å². The summed E-state index contributed by atoms with van der Waals surface area (Å²) in [6, 6.07) is 44.0. The zero-order valence-corrected chi connectivity index (χ0v) is 26.5. The zero-order chi connectivity index (χ0) is 37.4. The van der Waals surface area contributed by atoms with Crippen LogP contribution >= 0.6 is 0 Å². The van der Waals surface area contributed by atoms with E-state index in [0.717, 1.165) is 66.1 Å². The second-order valence-corrected chi connectivity index (χ2v) is 12.1. The molecule has 0 amide bonds. The molecule has 0 N–H and O–H groups in total. The molecule has 0 aliphatic carbocycles. The molecule has 3 heterocycles.